The molecule has 102 valence electrons. The van der Waals surface area contributed by atoms with Gasteiger partial charge in [-0.2, -0.15) is 0 Å². The molecule has 0 atom stereocenters. The van der Waals surface area contributed by atoms with Gasteiger partial charge in [0.05, 0.1) is 6.61 Å². The summed E-state index contributed by atoms with van der Waals surface area (Å²) in [5, 5.41) is 3.36. The van der Waals surface area contributed by atoms with Crippen LogP contribution in [0.1, 0.15) is 18.4 Å². The van der Waals surface area contributed by atoms with E-state index in [-0.39, 0.29) is 0 Å². The first kappa shape index (κ1) is 13.6. The maximum absolute atomic E-state index is 5.01. The summed E-state index contributed by atoms with van der Waals surface area (Å²) in [5.41, 5.74) is 1.35. The van der Waals surface area contributed by atoms with Crippen molar-refractivity contribution < 1.29 is 4.74 Å². The van der Waals surface area contributed by atoms with Crippen LogP contribution in [0.25, 0.3) is 0 Å². The van der Waals surface area contributed by atoms with Gasteiger partial charge in [0.15, 0.2) is 0 Å². The fourth-order valence-corrected chi connectivity index (χ4v) is 2.40. The van der Waals surface area contributed by atoms with Crippen LogP contribution in [0, 0.1) is 0 Å². The van der Waals surface area contributed by atoms with Gasteiger partial charge in [-0.1, -0.05) is 0 Å². The summed E-state index contributed by atoms with van der Waals surface area (Å²) in [5.74, 6) is 0. The van der Waals surface area contributed by atoms with Gasteiger partial charge < -0.3 is 19.5 Å². The zero-order valence-electron chi connectivity index (χ0n) is 11.4. The second-order valence-electron chi connectivity index (χ2n) is 4.98. The van der Waals surface area contributed by atoms with Crippen molar-refractivity contribution in [1.82, 2.24) is 14.8 Å². The van der Waals surface area contributed by atoms with Gasteiger partial charge in [0, 0.05) is 45.7 Å². The van der Waals surface area contributed by atoms with Crippen molar-refractivity contribution in [1.29, 1.82) is 0 Å². The van der Waals surface area contributed by atoms with Gasteiger partial charge >= 0.3 is 0 Å². The molecule has 2 rings (SSSR count). The maximum Gasteiger partial charge on any atom is 0.0587 e. The van der Waals surface area contributed by atoms with Gasteiger partial charge in [0.25, 0.3) is 0 Å². The van der Waals surface area contributed by atoms with Gasteiger partial charge in [-0.25, -0.2) is 0 Å². The lowest BCUT2D eigenvalue weighted by Crippen LogP contribution is -2.23. The number of ether oxygens (including phenoxy) is 1. The average molecular weight is 251 g/mol. The molecule has 1 aromatic heterocycles. The Kier molecular flexibility index (Phi) is 5.71. The van der Waals surface area contributed by atoms with Crippen LogP contribution in [0.5, 0.6) is 0 Å². The lowest BCUT2D eigenvalue weighted by Gasteiger charge is -2.14. The molecular weight excluding hydrogens is 226 g/mol. The molecule has 4 nitrogen and oxygen atoms in total. The molecule has 0 unspecified atom stereocenters. The largest absolute Gasteiger partial charge is 0.383 e. The van der Waals surface area contributed by atoms with Crippen LogP contribution >= 0.6 is 0 Å². The molecule has 0 bridgehead atoms. The van der Waals surface area contributed by atoms with Crippen LogP contribution in [-0.4, -0.2) is 49.4 Å². The minimum atomic E-state index is 0.773. The molecule has 1 saturated heterocycles. The third-order valence-corrected chi connectivity index (χ3v) is 3.50. The molecule has 1 aliphatic rings. The van der Waals surface area contributed by atoms with Crippen molar-refractivity contribution in [3.63, 3.8) is 0 Å². The fourth-order valence-electron chi connectivity index (χ4n) is 2.40. The van der Waals surface area contributed by atoms with Gasteiger partial charge in [0.1, 0.15) is 0 Å². The van der Waals surface area contributed by atoms with Gasteiger partial charge in [-0.3, -0.25) is 0 Å². The second-order valence-corrected chi connectivity index (χ2v) is 4.98. The molecule has 4 heteroatoms. The van der Waals surface area contributed by atoms with E-state index in [9.17, 15) is 0 Å². The smallest absolute Gasteiger partial charge is 0.0587 e. The second kappa shape index (κ2) is 7.56. The number of hydrogen-bond acceptors (Lipinski definition) is 3. The lowest BCUT2D eigenvalue weighted by atomic mass is 10.3. The van der Waals surface area contributed by atoms with Crippen molar-refractivity contribution >= 4 is 0 Å². The molecule has 1 N–H and O–H groups in total. The topological polar surface area (TPSA) is 29.4 Å². The molecule has 2 heterocycles. The van der Waals surface area contributed by atoms with E-state index >= 15 is 0 Å². The van der Waals surface area contributed by atoms with Crippen LogP contribution in [0.15, 0.2) is 18.5 Å². The number of nitrogens with one attached hydrogen (secondary N) is 1. The average Bonchev–Trinajstić information content (AvgIpc) is 3.03. The van der Waals surface area contributed by atoms with Crippen molar-refractivity contribution in [2.45, 2.75) is 25.9 Å². The Balaban J connectivity index is 1.65. The Morgan fingerprint density at radius 3 is 2.89 bits per heavy atom. The number of hydrogen-bond donors (Lipinski definition) is 1. The van der Waals surface area contributed by atoms with E-state index in [1.54, 1.807) is 7.11 Å². The number of aromatic nitrogens is 1. The molecule has 0 saturated carbocycles. The standard InChI is InChI=1S/C14H25N3O/c1-18-11-5-15-12-14-4-8-17(13-14)10-9-16-6-2-3-7-16/h4,8,13,15H,2-3,5-7,9-12H2,1H3. The van der Waals surface area contributed by atoms with Crippen molar-refractivity contribution in [2.24, 2.45) is 0 Å². The lowest BCUT2D eigenvalue weighted by molar-refractivity contribution is 0.199. The Bertz CT molecular complexity index is 332. The van der Waals surface area contributed by atoms with Crippen LogP contribution in [-0.2, 0) is 17.8 Å². The summed E-state index contributed by atoms with van der Waals surface area (Å²) in [6.07, 6.45) is 7.18. The molecule has 0 aliphatic carbocycles. The van der Waals surface area contributed by atoms with E-state index in [2.05, 4.69) is 33.2 Å². The van der Waals surface area contributed by atoms with E-state index in [0.29, 0.717) is 0 Å². The monoisotopic (exact) mass is 251 g/mol. The summed E-state index contributed by atoms with van der Waals surface area (Å²) in [7, 11) is 1.73. The summed E-state index contributed by atoms with van der Waals surface area (Å²) in [4.78, 5) is 2.55. The van der Waals surface area contributed by atoms with E-state index in [4.69, 9.17) is 4.74 Å². The normalized spacial score (nSPS) is 16.5. The first-order valence-electron chi connectivity index (χ1n) is 6.95. The minimum Gasteiger partial charge on any atom is -0.383 e. The summed E-state index contributed by atoms with van der Waals surface area (Å²) in [6, 6.07) is 2.20. The van der Waals surface area contributed by atoms with Crippen molar-refractivity contribution in [2.75, 3.05) is 39.9 Å². The Morgan fingerprint density at radius 1 is 1.28 bits per heavy atom. The molecule has 18 heavy (non-hydrogen) atoms. The van der Waals surface area contributed by atoms with Crippen LogP contribution in [0.3, 0.4) is 0 Å². The fraction of sp³-hybridized carbons (Fsp3) is 0.714. The third kappa shape index (κ3) is 4.44. The number of rotatable bonds is 8. The summed E-state index contributed by atoms with van der Waals surface area (Å²) in [6.45, 7) is 7.48. The Morgan fingerprint density at radius 2 is 2.11 bits per heavy atom. The Labute approximate surface area is 110 Å². The van der Waals surface area contributed by atoms with E-state index in [1.807, 2.05) is 0 Å². The molecule has 1 aromatic rings. The number of nitrogens with zero attached hydrogens (tertiary/aromatic N) is 2. The quantitative estimate of drug-likeness (QED) is 0.707. The van der Waals surface area contributed by atoms with Gasteiger partial charge in [0.2, 0.25) is 0 Å². The van der Waals surface area contributed by atoms with Gasteiger partial charge in [-0.15, -0.1) is 0 Å². The highest BCUT2D eigenvalue weighted by molar-refractivity contribution is 5.09. The third-order valence-electron chi connectivity index (χ3n) is 3.50. The first-order valence-corrected chi connectivity index (χ1v) is 6.95. The minimum absolute atomic E-state index is 0.773. The van der Waals surface area contributed by atoms with E-state index < -0.39 is 0 Å². The maximum atomic E-state index is 5.01. The molecule has 0 amide bonds. The number of methoxy groups -OCH3 is 1. The molecule has 0 radical (unpaired) electrons. The SMILES string of the molecule is COCCNCc1ccn(CCN2CCCC2)c1. The van der Waals surface area contributed by atoms with E-state index in [0.717, 1.165) is 26.2 Å². The molecule has 1 aliphatic heterocycles. The predicted octanol–water partition coefficient (Wildman–Crippen LogP) is 1.32. The molecule has 1 fully saturated rings. The Hall–Kier alpha value is -0.840. The summed E-state index contributed by atoms with van der Waals surface area (Å²) >= 11 is 0. The zero-order chi connectivity index (χ0) is 12.6. The molecular formula is C14H25N3O. The highest BCUT2D eigenvalue weighted by Crippen LogP contribution is 2.08. The van der Waals surface area contributed by atoms with Crippen LogP contribution in [0.4, 0.5) is 0 Å². The highest BCUT2D eigenvalue weighted by Gasteiger charge is 2.10. The number of likely N-dealkylation sites (tertiary alicyclic amines) is 1. The molecule has 0 spiro atoms. The van der Waals surface area contributed by atoms with Gasteiger partial charge in [-0.05, 0) is 37.6 Å². The first-order chi connectivity index (χ1) is 8.88. The summed E-state index contributed by atoms with van der Waals surface area (Å²) < 4.78 is 7.30. The van der Waals surface area contributed by atoms with Crippen LogP contribution in [0.2, 0.25) is 0 Å². The van der Waals surface area contributed by atoms with E-state index in [1.165, 1.54) is 38.0 Å². The van der Waals surface area contributed by atoms with Crippen LogP contribution < -0.4 is 5.32 Å². The highest BCUT2D eigenvalue weighted by atomic mass is 16.5. The van der Waals surface area contributed by atoms with Crippen molar-refractivity contribution in [3.05, 3.63) is 24.0 Å². The predicted molar refractivity (Wildman–Crippen MR) is 73.7 cm³/mol. The molecule has 0 aromatic carbocycles. The zero-order valence-corrected chi connectivity index (χ0v) is 11.4. The van der Waals surface area contributed by atoms with Crippen molar-refractivity contribution in [3.8, 4) is 0 Å².